The molecule has 2 nitrogen and oxygen atoms in total. The van der Waals surface area contributed by atoms with Crippen molar-refractivity contribution < 1.29 is 0 Å². The molecule has 1 heterocycles. The Labute approximate surface area is 109 Å². The van der Waals surface area contributed by atoms with Crippen molar-refractivity contribution in [3.05, 3.63) is 23.9 Å². The number of anilines is 1. The summed E-state index contributed by atoms with van der Waals surface area (Å²) in [6.45, 7) is 7.59. The number of halogens is 1. The van der Waals surface area contributed by atoms with Crippen LogP contribution in [0.15, 0.2) is 18.3 Å². The van der Waals surface area contributed by atoms with Crippen molar-refractivity contribution >= 4 is 17.4 Å². The number of nitrogens with one attached hydrogen (secondary N) is 1. The van der Waals surface area contributed by atoms with Gasteiger partial charge in [0.1, 0.15) is 5.82 Å². The lowest BCUT2D eigenvalue weighted by Crippen LogP contribution is -2.30. The summed E-state index contributed by atoms with van der Waals surface area (Å²) in [6, 6.07) is 4.22. The van der Waals surface area contributed by atoms with E-state index in [1.165, 1.54) is 5.56 Å². The van der Waals surface area contributed by atoms with Gasteiger partial charge in [-0.2, -0.15) is 0 Å². The normalized spacial score (nSPS) is 24.2. The summed E-state index contributed by atoms with van der Waals surface area (Å²) in [7, 11) is 0. The van der Waals surface area contributed by atoms with Crippen LogP contribution in [-0.2, 0) is 5.41 Å². The topological polar surface area (TPSA) is 24.9 Å². The Morgan fingerprint density at radius 1 is 1.35 bits per heavy atom. The fourth-order valence-corrected chi connectivity index (χ4v) is 2.52. The summed E-state index contributed by atoms with van der Waals surface area (Å²) >= 11 is 5.95. The van der Waals surface area contributed by atoms with Gasteiger partial charge in [0.05, 0.1) is 0 Å². The minimum absolute atomic E-state index is 0.172. The Bertz CT molecular complexity index is 361. The smallest absolute Gasteiger partial charge is 0.125 e. The Morgan fingerprint density at radius 3 is 2.53 bits per heavy atom. The second-order valence-electron chi connectivity index (χ2n) is 6.00. The third kappa shape index (κ3) is 3.35. The molecular formula is C14H21ClN2. The van der Waals surface area contributed by atoms with Crippen LogP contribution in [0.1, 0.15) is 39.2 Å². The van der Waals surface area contributed by atoms with Crippen LogP contribution >= 0.6 is 11.6 Å². The molecule has 0 saturated heterocycles. The van der Waals surface area contributed by atoms with Crippen molar-refractivity contribution in [2.75, 3.05) is 11.9 Å². The summed E-state index contributed by atoms with van der Waals surface area (Å²) in [5.41, 5.74) is 1.44. The molecule has 1 aromatic rings. The van der Waals surface area contributed by atoms with Gasteiger partial charge in [-0.15, -0.1) is 11.6 Å². The number of nitrogens with zero attached hydrogens (tertiary/aromatic N) is 1. The third-order valence-electron chi connectivity index (χ3n) is 3.38. The zero-order chi connectivity index (χ0) is 12.5. The summed E-state index contributed by atoms with van der Waals surface area (Å²) in [6.07, 6.45) is 4.23. The Hall–Kier alpha value is -0.760. The van der Waals surface area contributed by atoms with Crippen LogP contribution in [0, 0.1) is 5.92 Å². The quantitative estimate of drug-likeness (QED) is 0.828. The molecule has 0 unspecified atom stereocenters. The Balaban J connectivity index is 1.86. The van der Waals surface area contributed by atoms with E-state index in [0.29, 0.717) is 5.38 Å². The van der Waals surface area contributed by atoms with Crippen molar-refractivity contribution in [1.82, 2.24) is 4.98 Å². The van der Waals surface area contributed by atoms with Crippen molar-refractivity contribution in [3.8, 4) is 0 Å². The van der Waals surface area contributed by atoms with E-state index >= 15 is 0 Å². The van der Waals surface area contributed by atoms with Crippen molar-refractivity contribution in [2.45, 2.75) is 44.4 Å². The molecule has 1 aromatic heterocycles. The van der Waals surface area contributed by atoms with Crippen LogP contribution in [0.25, 0.3) is 0 Å². The molecular weight excluding hydrogens is 232 g/mol. The van der Waals surface area contributed by atoms with Crippen molar-refractivity contribution in [2.24, 2.45) is 5.92 Å². The number of pyridine rings is 1. The molecule has 0 amide bonds. The first-order valence-electron chi connectivity index (χ1n) is 6.29. The van der Waals surface area contributed by atoms with Gasteiger partial charge in [0.25, 0.3) is 0 Å². The SMILES string of the molecule is CC(C)(C)c1ccc(NCC2CC(Cl)C2)nc1. The monoisotopic (exact) mass is 252 g/mol. The van der Waals surface area contributed by atoms with E-state index in [0.717, 1.165) is 31.1 Å². The molecule has 0 radical (unpaired) electrons. The van der Waals surface area contributed by atoms with Crippen LogP contribution < -0.4 is 5.32 Å². The number of alkyl halides is 1. The largest absolute Gasteiger partial charge is 0.370 e. The van der Waals surface area contributed by atoms with Gasteiger partial charge in [-0.25, -0.2) is 4.98 Å². The van der Waals surface area contributed by atoms with Crippen molar-refractivity contribution in [1.29, 1.82) is 0 Å². The number of rotatable bonds is 3. The molecule has 1 fully saturated rings. The van der Waals surface area contributed by atoms with Crippen LogP contribution in [-0.4, -0.2) is 16.9 Å². The van der Waals surface area contributed by atoms with Gasteiger partial charge in [0.15, 0.2) is 0 Å². The standard InChI is InChI=1S/C14H21ClN2/c1-14(2,3)11-4-5-13(17-9-11)16-8-10-6-12(15)7-10/h4-5,9-10,12H,6-8H2,1-3H3,(H,16,17). The molecule has 0 aliphatic heterocycles. The molecule has 1 saturated carbocycles. The molecule has 2 rings (SSSR count). The highest BCUT2D eigenvalue weighted by Crippen LogP contribution is 2.31. The van der Waals surface area contributed by atoms with Crippen LogP contribution in [0.3, 0.4) is 0 Å². The Kier molecular flexibility index (Phi) is 3.62. The van der Waals surface area contributed by atoms with Crippen LogP contribution in [0.2, 0.25) is 0 Å². The maximum Gasteiger partial charge on any atom is 0.125 e. The summed E-state index contributed by atoms with van der Waals surface area (Å²) in [5, 5.41) is 3.78. The van der Waals surface area contributed by atoms with E-state index in [1.54, 1.807) is 0 Å². The molecule has 17 heavy (non-hydrogen) atoms. The van der Waals surface area contributed by atoms with Gasteiger partial charge in [-0.3, -0.25) is 0 Å². The molecule has 0 bridgehead atoms. The van der Waals surface area contributed by atoms with Gasteiger partial charge < -0.3 is 5.32 Å². The average Bonchev–Trinajstić information content (AvgIpc) is 2.22. The first-order chi connectivity index (χ1) is 7.95. The third-order valence-corrected chi connectivity index (χ3v) is 3.74. The highest BCUT2D eigenvalue weighted by molar-refractivity contribution is 6.21. The lowest BCUT2D eigenvalue weighted by Gasteiger charge is -2.31. The number of hydrogen-bond acceptors (Lipinski definition) is 2. The maximum absolute atomic E-state index is 5.95. The van der Waals surface area contributed by atoms with E-state index in [4.69, 9.17) is 11.6 Å². The van der Waals surface area contributed by atoms with E-state index < -0.39 is 0 Å². The predicted molar refractivity (Wildman–Crippen MR) is 73.8 cm³/mol. The molecule has 0 spiro atoms. The molecule has 1 aliphatic rings. The maximum atomic E-state index is 5.95. The average molecular weight is 253 g/mol. The molecule has 0 aromatic carbocycles. The van der Waals surface area contributed by atoms with Gasteiger partial charge in [0, 0.05) is 18.1 Å². The highest BCUT2D eigenvalue weighted by Gasteiger charge is 2.26. The fourth-order valence-electron chi connectivity index (χ4n) is 2.01. The van der Waals surface area contributed by atoms with Crippen molar-refractivity contribution in [3.63, 3.8) is 0 Å². The second-order valence-corrected chi connectivity index (χ2v) is 6.61. The zero-order valence-electron chi connectivity index (χ0n) is 10.8. The van der Waals surface area contributed by atoms with Gasteiger partial charge in [-0.05, 0) is 35.8 Å². The Morgan fingerprint density at radius 2 is 2.06 bits per heavy atom. The lowest BCUT2D eigenvalue weighted by atomic mass is 9.85. The molecule has 94 valence electrons. The first-order valence-corrected chi connectivity index (χ1v) is 6.73. The van der Waals surface area contributed by atoms with Crippen LogP contribution in [0.5, 0.6) is 0 Å². The van der Waals surface area contributed by atoms with E-state index in [-0.39, 0.29) is 5.41 Å². The van der Waals surface area contributed by atoms with Crippen LogP contribution in [0.4, 0.5) is 5.82 Å². The zero-order valence-corrected chi connectivity index (χ0v) is 11.6. The fraction of sp³-hybridized carbons (Fsp3) is 0.643. The first kappa shape index (κ1) is 12.7. The molecule has 3 heteroatoms. The predicted octanol–water partition coefficient (Wildman–Crippen LogP) is 3.81. The highest BCUT2D eigenvalue weighted by atomic mass is 35.5. The van der Waals surface area contributed by atoms with E-state index in [9.17, 15) is 0 Å². The summed E-state index contributed by atoms with van der Waals surface area (Å²) in [5.74, 6) is 1.69. The summed E-state index contributed by atoms with van der Waals surface area (Å²) < 4.78 is 0. The minimum Gasteiger partial charge on any atom is -0.370 e. The van der Waals surface area contributed by atoms with E-state index in [2.05, 4.69) is 43.2 Å². The molecule has 1 aliphatic carbocycles. The molecule has 0 atom stereocenters. The van der Waals surface area contributed by atoms with Gasteiger partial charge >= 0.3 is 0 Å². The lowest BCUT2D eigenvalue weighted by molar-refractivity contribution is 0.341. The number of hydrogen-bond donors (Lipinski definition) is 1. The second kappa shape index (κ2) is 4.85. The minimum atomic E-state index is 0.172. The number of aromatic nitrogens is 1. The van der Waals surface area contributed by atoms with E-state index in [1.807, 2.05) is 6.20 Å². The van der Waals surface area contributed by atoms with Gasteiger partial charge in [-0.1, -0.05) is 26.8 Å². The molecule has 1 N–H and O–H groups in total. The van der Waals surface area contributed by atoms with Gasteiger partial charge in [0.2, 0.25) is 0 Å². The summed E-state index contributed by atoms with van der Waals surface area (Å²) in [4.78, 5) is 4.45.